The van der Waals surface area contributed by atoms with Gasteiger partial charge >= 0.3 is 0 Å². The molecule has 0 aromatic heterocycles. The lowest BCUT2D eigenvalue weighted by Crippen LogP contribution is -1.85. The summed E-state index contributed by atoms with van der Waals surface area (Å²) in [5, 5.41) is 11.9. The first-order valence-corrected chi connectivity index (χ1v) is 6.25. The number of hydrogen-bond acceptors (Lipinski definition) is 2. The summed E-state index contributed by atoms with van der Waals surface area (Å²) in [5.74, 6) is -0.229. The standard InChI is InChI=1S/C17H12FNO/c18-15-7-3-4-8-16(15)19-11-13-10-9-12-5-1-2-6-14(12)17(13)20/h1-11,20H. The average molecular weight is 265 g/mol. The van der Waals surface area contributed by atoms with Gasteiger partial charge in [0.25, 0.3) is 0 Å². The van der Waals surface area contributed by atoms with Crippen molar-refractivity contribution in [2.75, 3.05) is 0 Å². The highest BCUT2D eigenvalue weighted by Gasteiger charge is 2.04. The van der Waals surface area contributed by atoms with E-state index in [1.807, 2.05) is 30.3 Å². The highest BCUT2D eigenvalue weighted by molar-refractivity contribution is 5.97. The number of benzene rings is 3. The van der Waals surface area contributed by atoms with Gasteiger partial charge in [0, 0.05) is 17.2 Å². The second-order valence-electron chi connectivity index (χ2n) is 4.43. The predicted molar refractivity (Wildman–Crippen MR) is 79.3 cm³/mol. The summed E-state index contributed by atoms with van der Waals surface area (Å²) in [5.41, 5.74) is 0.812. The molecule has 0 aliphatic heterocycles. The summed E-state index contributed by atoms with van der Waals surface area (Å²) >= 11 is 0. The lowest BCUT2D eigenvalue weighted by molar-refractivity contribution is 0.481. The molecule has 3 heteroatoms. The number of rotatable bonds is 2. The van der Waals surface area contributed by atoms with E-state index in [4.69, 9.17) is 0 Å². The lowest BCUT2D eigenvalue weighted by Gasteiger charge is -2.04. The number of phenolic OH excluding ortho intramolecular Hbond substituents is 1. The van der Waals surface area contributed by atoms with Crippen molar-refractivity contribution in [3.8, 4) is 5.75 Å². The Morgan fingerprint density at radius 2 is 1.65 bits per heavy atom. The van der Waals surface area contributed by atoms with E-state index in [1.165, 1.54) is 12.3 Å². The molecule has 3 rings (SSSR count). The number of hydrogen-bond donors (Lipinski definition) is 1. The van der Waals surface area contributed by atoms with Gasteiger partial charge in [-0.25, -0.2) is 4.39 Å². The van der Waals surface area contributed by atoms with Crippen LogP contribution in [-0.4, -0.2) is 11.3 Å². The quantitative estimate of drug-likeness (QED) is 0.683. The van der Waals surface area contributed by atoms with E-state index >= 15 is 0 Å². The van der Waals surface area contributed by atoms with E-state index in [9.17, 15) is 9.50 Å². The lowest BCUT2D eigenvalue weighted by atomic mass is 10.1. The highest BCUT2D eigenvalue weighted by Crippen LogP contribution is 2.28. The molecule has 98 valence electrons. The topological polar surface area (TPSA) is 32.6 Å². The van der Waals surface area contributed by atoms with Crippen molar-refractivity contribution in [1.29, 1.82) is 0 Å². The number of fused-ring (bicyclic) bond motifs is 1. The summed E-state index contributed by atoms with van der Waals surface area (Å²) in [6.07, 6.45) is 1.47. The first kappa shape index (κ1) is 12.4. The molecule has 20 heavy (non-hydrogen) atoms. The molecule has 0 radical (unpaired) electrons. The Bertz CT molecular complexity index is 796. The number of halogens is 1. The molecule has 3 aromatic rings. The van der Waals surface area contributed by atoms with Crippen molar-refractivity contribution in [3.05, 3.63) is 72.0 Å². The Labute approximate surface area is 115 Å². The van der Waals surface area contributed by atoms with Gasteiger partial charge in [-0.3, -0.25) is 4.99 Å². The second-order valence-corrected chi connectivity index (χ2v) is 4.43. The van der Waals surface area contributed by atoms with Gasteiger partial charge in [0.2, 0.25) is 0 Å². The van der Waals surface area contributed by atoms with Gasteiger partial charge in [-0.05, 0) is 23.6 Å². The summed E-state index contributed by atoms with van der Waals surface area (Å²) < 4.78 is 13.5. The minimum Gasteiger partial charge on any atom is -0.507 e. The van der Waals surface area contributed by atoms with Gasteiger partial charge in [0.05, 0.1) is 5.69 Å². The zero-order chi connectivity index (χ0) is 13.9. The molecular weight excluding hydrogens is 253 g/mol. The molecule has 0 atom stereocenters. The van der Waals surface area contributed by atoms with Gasteiger partial charge in [0.1, 0.15) is 11.6 Å². The molecule has 0 amide bonds. The zero-order valence-corrected chi connectivity index (χ0v) is 10.6. The first-order chi connectivity index (χ1) is 9.75. The van der Waals surface area contributed by atoms with Crippen LogP contribution in [0.3, 0.4) is 0 Å². The highest BCUT2D eigenvalue weighted by atomic mass is 19.1. The van der Waals surface area contributed by atoms with Gasteiger partial charge in [0.15, 0.2) is 0 Å². The SMILES string of the molecule is Oc1c(C=Nc2ccccc2F)ccc2ccccc12. The minimum atomic E-state index is -0.385. The number of aliphatic imine (C=N–C) groups is 1. The molecule has 0 saturated heterocycles. The number of phenols is 1. The van der Waals surface area contributed by atoms with Crippen LogP contribution in [0.2, 0.25) is 0 Å². The van der Waals surface area contributed by atoms with Crippen molar-refractivity contribution < 1.29 is 9.50 Å². The van der Waals surface area contributed by atoms with E-state index in [0.29, 0.717) is 5.56 Å². The average Bonchev–Trinajstić information content (AvgIpc) is 2.48. The smallest absolute Gasteiger partial charge is 0.148 e. The maximum Gasteiger partial charge on any atom is 0.148 e. The van der Waals surface area contributed by atoms with E-state index in [2.05, 4.69) is 4.99 Å². The zero-order valence-electron chi connectivity index (χ0n) is 10.6. The molecule has 3 aromatic carbocycles. The van der Waals surface area contributed by atoms with Crippen LogP contribution in [-0.2, 0) is 0 Å². The van der Waals surface area contributed by atoms with E-state index in [0.717, 1.165) is 10.8 Å². The predicted octanol–water partition coefficient (Wildman–Crippen LogP) is 4.44. The number of nitrogens with zero attached hydrogens (tertiary/aromatic N) is 1. The molecule has 2 nitrogen and oxygen atoms in total. The Hall–Kier alpha value is -2.68. The van der Waals surface area contributed by atoms with Crippen molar-refractivity contribution >= 4 is 22.7 Å². The van der Waals surface area contributed by atoms with Crippen LogP contribution in [0.15, 0.2) is 65.7 Å². The summed E-state index contributed by atoms with van der Waals surface area (Å²) in [4.78, 5) is 4.08. The third-order valence-electron chi connectivity index (χ3n) is 3.13. The van der Waals surface area contributed by atoms with E-state index in [1.54, 1.807) is 24.3 Å². The molecule has 0 spiro atoms. The third-order valence-corrected chi connectivity index (χ3v) is 3.13. The maximum absolute atomic E-state index is 13.5. The molecule has 0 unspecified atom stereocenters. The number of aromatic hydroxyl groups is 1. The molecule has 0 heterocycles. The van der Waals surface area contributed by atoms with Crippen molar-refractivity contribution in [3.63, 3.8) is 0 Å². The molecule has 0 saturated carbocycles. The van der Waals surface area contributed by atoms with Crippen LogP contribution in [0, 0.1) is 5.82 Å². The summed E-state index contributed by atoms with van der Waals surface area (Å²) in [6.45, 7) is 0. The van der Waals surface area contributed by atoms with Crippen LogP contribution < -0.4 is 0 Å². The Morgan fingerprint density at radius 3 is 2.50 bits per heavy atom. The Kier molecular flexibility index (Phi) is 3.17. The monoisotopic (exact) mass is 265 g/mol. The normalized spacial score (nSPS) is 11.2. The van der Waals surface area contributed by atoms with E-state index in [-0.39, 0.29) is 17.3 Å². The van der Waals surface area contributed by atoms with Gasteiger partial charge in [-0.2, -0.15) is 0 Å². The molecule has 1 N–H and O–H groups in total. The van der Waals surface area contributed by atoms with Crippen LogP contribution in [0.1, 0.15) is 5.56 Å². The fraction of sp³-hybridized carbons (Fsp3) is 0. The molecule has 0 aliphatic carbocycles. The fourth-order valence-electron chi connectivity index (χ4n) is 2.07. The van der Waals surface area contributed by atoms with Gasteiger partial charge in [-0.1, -0.05) is 42.5 Å². The Balaban J connectivity index is 2.03. The van der Waals surface area contributed by atoms with E-state index < -0.39 is 0 Å². The minimum absolute atomic E-state index is 0.156. The van der Waals surface area contributed by atoms with Crippen LogP contribution in [0.25, 0.3) is 10.8 Å². The van der Waals surface area contributed by atoms with Crippen molar-refractivity contribution in [2.24, 2.45) is 4.99 Å². The first-order valence-electron chi connectivity index (χ1n) is 6.25. The van der Waals surface area contributed by atoms with Gasteiger partial charge < -0.3 is 5.11 Å². The van der Waals surface area contributed by atoms with Crippen LogP contribution in [0.4, 0.5) is 10.1 Å². The maximum atomic E-state index is 13.5. The summed E-state index contributed by atoms with van der Waals surface area (Å²) in [7, 11) is 0. The van der Waals surface area contributed by atoms with Gasteiger partial charge in [-0.15, -0.1) is 0 Å². The number of para-hydroxylation sites is 1. The third kappa shape index (κ3) is 2.26. The van der Waals surface area contributed by atoms with Crippen LogP contribution >= 0.6 is 0 Å². The fourth-order valence-corrected chi connectivity index (χ4v) is 2.07. The second kappa shape index (κ2) is 5.13. The van der Waals surface area contributed by atoms with Crippen LogP contribution in [0.5, 0.6) is 5.75 Å². The summed E-state index contributed by atoms with van der Waals surface area (Å²) in [6, 6.07) is 17.5. The molecular formula is C17H12FNO. The van der Waals surface area contributed by atoms with Crippen molar-refractivity contribution in [1.82, 2.24) is 0 Å². The molecule has 0 bridgehead atoms. The molecule has 0 aliphatic rings. The van der Waals surface area contributed by atoms with Crippen molar-refractivity contribution in [2.45, 2.75) is 0 Å². The largest absolute Gasteiger partial charge is 0.507 e. The Morgan fingerprint density at radius 1 is 0.900 bits per heavy atom. The molecule has 0 fully saturated rings.